The average Bonchev–Trinajstić information content (AvgIpc) is 2.74. The Kier molecular flexibility index (Phi) is 6.01. The van der Waals surface area contributed by atoms with Crippen molar-refractivity contribution in [1.29, 1.82) is 0 Å². The quantitative estimate of drug-likeness (QED) is 0.324. The van der Waals surface area contributed by atoms with E-state index in [2.05, 4.69) is 10.1 Å². The predicted molar refractivity (Wildman–Crippen MR) is 105 cm³/mol. The maximum absolute atomic E-state index is 12.9. The van der Waals surface area contributed by atoms with Crippen molar-refractivity contribution in [2.24, 2.45) is 11.5 Å². The van der Waals surface area contributed by atoms with Crippen LogP contribution in [0.4, 0.5) is 4.79 Å². The molecule has 0 spiro atoms. The number of carboxylic acids is 1. The number of nitrogens with two attached hydrogens (primary N) is 2. The van der Waals surface area contributed by atoms with Gasteiger partial charge in [0.25, 0.3) is 11.6 Å². The second-order valence-electron chi connectivity index (χ2n) is 6.52. The van der Waals surface area contributed by atoms with Crippen LogP contribution in [-0.2, 0) is 23.9 Å². The summed E-state index contributed by atoms with van der Waals surface area (Å²) in [4.78, 5) is 49.3. The second-order valence-corrected chi connectivity index (χ2v) is 7.59. The Morgan fingerprint density at radius 3 is 2.60 bits per heavy atom. The number of carboxylic acid groups (broad SMARTS) is 1. The van der Waals surface area contributed by atoms with Crippen molar-refractivity contribution in [2.45, 2.75) is 17.1 Å². The zero-order valence-corrected chi connectivity index (χ0v) is 16.7. The summed E-state index contributed by atoms with van der Waals surface area (Å²) in [6.45, 7) is -0.369. The van der Waals surface area contributed by atoms with Gasteiger partial charge in [-0.2, -0.15) is 0 Å². The molecule has 1 fully saturated rings. The number of methoxy groups -OCH3 is 1. The van der Waals surface area contributed by atoms with Gasteiger partial charge in [-0.3, -0.25) is 14.5 Å². The number of carbonyl (C=O) groups excluding carboxylic acids is 3. The molecule has 0 radical (unpaired) electrons. The lowest BCUT2D eigenvalue weighted by molar-refractivity contribution is -0.192. The molecule has 12 heteroatoms. The van der Waals surface area contributed by atoms with Crippen molar-refractivity contribution in [1.82, 2.24) is 10.2 Å². The number of primary amides is 1. The molecule has 3 amide bonds. The van der Waals surface area contributed by atoms with Crippen LogP contribution in [0.5, 0.6) is 0 Å². The number of hydrogen-bond donors (Lipinski definition) is 4. The highest BCUT2D eigenvalue weighted by Crippen LogP contribution is 2.46. The van der Waals surface area contributed by atoms with E-state index in [1.165, 1.54) is 7.11 Å². The summed E-state index contributed by atoms with van der Waals surface area (Å²) in [7, 11) is 1.24. The van der Waals surface area contributed by atoms with Gasteiger partial charge in [-0.15, -0.1) is 11.8 Å². The summed E-state index contributed by atoms with van der Waals surface area (Å²) < 4.78 is 10.0. The number of ether oxygens (including phenoxy) is 2. The maximum Gasteiger partial charge on any atom is 0.404 e. The van der Waals surface area contributed by atoms with Crippen LogP contribution in [0.3, 0.4) is 0 Å². The van der Waals surface area contributed by atoms with Gasteiger partial charge in [0.1, 0.15) is 23.7 Å². The lowest BCUT2D eigenvalue weighted by atomic mass is 9.97. The number of benzene rings is 1. The zero-order valence-electron chi connectivity index (χ0n) is 15.9. The van der Waals surface area contributed by atoms with E-state index in [1.54, 1.807) is 30.3 Å². The van der Waals surface area contributed by atoms with Crippen molar-refractivity contribution in [2.75, 3.05) is 19.5 Å². The Bertz CT molecular complexity index is 922. The van der Waals surface area contributed by atoms with Gasteiger partial charge in [-0.1, -0.05) is 30.3 Å². The van der Waals surface area contributed by atoms with Gasteiger partial charge < -0.3 is 31.4 Å². The zero-order chi connectivity index (χ0) is 22.1. The van der Waals surface area contributed by atoms with Crippen LogP contribution in [0.25, 0.3) is 0 Å². The third-order valence-corrected chi connectivity index (χ3v) is 6.15. The first-order valence-corrected chi connectivity index (χ1v) is 9.78. The highest BCUT2D eigenvalue weighted by molar-refractivity contribution is 8.00. The minimum Gasteiger partial charge on any atom is -0.477 e. The maximum atomic E-state index is 12.9. The summed E-state index contributed by atoms with van der Waals surface area (Å²) >= 11 is 1.15. The van der Waals surface area contributed by atoms with Crippen molar-refractivity contribution < 1.29 is 33.8 Å². The molecule has 2 aliphatic rings. The normalized spacial score (nSPS) is 23.9. The number of aliphatic carboxylic acids is 1. The topological polar surface area (TPSA) is 174 Å². The largest absolute Gasteiger partial charge is 0.477 e. The summed E-state index contributed by atoms with van der Waals surface area (Å²) in [5.41, 5.74) is 9.56. The van der Waals surface area contributed by atoms with Gasteiger partial charge in [-0.25, -0.2) is 9.59 Å². The highest BCUT2D eigenvalue weighted by atomic mass is 32.2. The first kappa shape index (κ1) is 21.6. The fourth-order valence-corrected chi connectivity index (χ4v) is 4.71. The third kappa shape index (κ3) is 3.60. The molecule has 1 aromatic carbocycles. The molecular weight excluding hydrogens is 416 g/mol. The fraction of sp³-hybridized carbons (Fsp3) is 0.333. The van der Waals surface area contributed by atoms with Crippen LogP contribution in [0.15, 0.2) is 41.6 Å². The van der Waals surface area contributed by atoms with Crippen LogP contribution in [0.1, 0.15) is 11.6 Å². The van der Waals surface area contributed by atoms with Crippen molar-refractivity contribution >= 4 is 35.6 Å². The Morgan fingerprint density at radius 1 is 1.37 bits per heavy atom. The summed E-state index contributed by atoms with van der Waals surface area (Å²) in [6, 6.07) is 7.51. The van der Waals surface area contributed by atoms with Gasteiger partial charge in [0.2, 0.25) is 5.91 Å². The van der Waals surface area contributed by atoms with Gasteiger partial charge >= 0.3 is 12.1 Å². The van der Waals surface area contributed by atoms with Gasteiger partial charge in [0.15, 0.2) is 0 Å². The number of nitrogens with zero attached hydrogens (tertiary/aromatic N) is 1. The standard InChI is InChI=1S/C18H20N4O7S/c1-28-18(21-13(23)11(19)9-5-3-2-4-6-9)15(26)22-12(14(24)25)10(7-29-17(20)27)8-30-16(18)22/h2-6,11,16H,7-8,19H2,1H3,(H2,20,27)(H,21,23)(H,24,25)/t11?,16-,18-/m0/s1. The molecule has 0 saturated carbocycles. The monoisotopic (exact) mass is 436 g/mol. The van der Waals surface area contributed by atoms with Gasteiger partial charge in [0, 0.05) is 18.4 Å². The lowest BCUT2D eigenvalue weighted by Gasteiger charge is -2.55. The van der Waals surface area contributed by atoms with Crippen LogP contribution < -0.4 is 16.8 Å². The van der Waals surface area contributed by atoms with Gasteiger partial charge in [-0.05, 0) is 5.56 Å². The first-order valence-electron chi connectivity index (χ1n) is 8.73. The molecule has 160 valence electrons. The SMILES string of the molecule is CO[C@@]1(NC(=O)C(N)c2ccccc2)C(=O)N2C(C(=O)O)=C(COC(N)=O)CS[C@H]21. The second kappa shape index (κ2) is 8.34. The number of thioether (sulfide) groups is 1. The van der Waals surface area contributed by atoms with Crippen molar-refractivity contribution in [3.63, 3.8) is 0 Å². The summed E-state index contributed by atoms with van der Waals surface area (Å²) in [6.07, 6.45) is -1.07. The molecule has 1 aromatic rings. The summed E-state index contributed by atoms with van der Waals surface area (Å²) in [5, 5.41) is 11.3. The molecule has 1 saturated heterocycles. The molecule has 2 heterocycles. The lowest BCUT2D eigenvalue weighted by Crippen LogP contribution is -2.81. The minimum atomic E-state index is -1.77. The molecule has 3 rings (SSSR count). The number of carbonyl (C=O) groups is 4. The van der Waals surface area contributed by atoms with Crippen LogP contribution in [0, 0.1) is 0 Å². The third-order valence-electron chi connectivity index (χ3n) is 4.77. The Balaban J connectivity index is 1.84. The number of rotatable bonds is 7. The number of β-lactam (4-membered cyclic amide) rings is 1. The molecule has 0 aliphatic carbocycles. The molecule has 2 aliphatic heterocycles. The molecule has 30 heavy (non-hydrogen) atoms. The molecule has 0 bridgehead atoms. The minimum absolute atomic E-state index is 0.120. The molecule has 6 N–H and O–H groups in total. The number of amides is 3. The predicted octanol–water partition coefficient (Wildman–Crippen LogP) is -0.506. The fourth-order valence-electron chi connectivity index (χ4n) is 3.29. The van der Waals surface area contributed by atoms with E-state index in [9.17, 15) is 24.3 Å². The van der Waals surface area contributed by atoms with Crippen LogP contribution in [0.2, 0.25) is 0 Å². The Morgan fingerprint density at radius 2 is 2.03 bits per heavy atom. The molecule has 1 unspecified atom stereocenters. The van der Waals surface area contributed by atoms with E-state index in [1.807, 2.05) is 0 Å². The number of nitrogens with one attached hydrogen (secondary N) is 1. The Hall–Kier alpha value is -3.09. The number of fused-ring (bicyclic) bond motifs is 1. The highest BCUT2D eigenvalue weighted by Gasteiger charge is 2.66. The van der Waals surface area contributed by atoms with Gasteiger partial charge in [0.05, 0.1) is 0 Å². The van der Waals surface area contributed by atoms with Crippen LogP contribution >= 0.6 is 11.8 Å². The Labute approximate surface area is 175 Å². The van der Waals surface area contributed by atoms with Crippen molar-refractivity contribution in [3.8, 4) is 0 Å². The van der Waals surface area contributed by atoms with E-state index in [0.29, 0.717) is 5.56 Å². The van der Waals surface area contributed by atoms with Crippen molar-refractivity contribution in [3.05, 3.63) is 47.2 Å². The summed E-state index contributed by atoms with van der Waals surface area (Å²) in [5.74, 6) is -2.69. The molecular formula is C18H20N4O7S. The smallest absolute Gasteiger partial charge is 0.404 e. The van der Waals surface area contributed by atoms with Crippen LogP contribution in [-0.4, -0.2) is 64.5 Å². The molecule has 11 nitrogen and oxygen atoms in total. The van der Waals surface area contributed by atoms with E-state index >= 15 is 0 Å². The van der Waals surface area contributed by atoms with E-state index in [-0.39, 0.29) is 23.6 Å². The first-order chi connectivity index (χ1) is 14.2. The van der Waals surface area contributed by atoms with E-state index in [4.69, 9.17) is 16.2 Å². The number of hydrogen-bond acceptors (Lipinski definition) is 8. The van der Waals surface area contributed by atoms with E-state index in [0.717, 1.165) is 16.7 Å². The molecule has 0 aromatic heterocycles. The average molecular weight is 436 g/mol. The molecule has 3 atom stereocenters. The van der Waals surface area contributed by atoms with E-state index < -0.39 is 41.0 Å².